The Morgan fingerprint density at radius 2 is 1.35 bits per heavy atom. The van der Waals surface area contributed by atoms with Crippen LogP contribution in [0.3, 0.4) is 0 Å². The molecule has 290 valence electrons. The third kappa shape index (κ3) is 6.45. The van der Waals surface area contributed by atoms with Gasteiger partial charge in [0.2, 0.25) is 15.8 Å². The summed E-state index contributed by atoms with van der Waals surface area (Å²) < 4.78 is 36.9. The Labute approximate surface area is 330 Å². The first-order valence-corrected chi connectivity index (χ1v) is 19.4. The number of aromatic nitrogens is 7. The molecule has 18 heteroatoms. The van der Waals surface area contributed by atoms with Crippen molar-refractivity contribution >= 4 is 74.3 Å². The summed E-state index contributed by atoms with van der Waals surface area (Å²) in [5, 5.41) is 19.1. The van der Waals surface area contributed by atoms with Gasteiger partial charge in [0.15, 0.2) is 16.5 Å². The van der Waals surface area contributed by atoms with Gasteiger partial charge < -0.3 is 24.2 Å². The summed E-state index contributed by atoms with van der Waals surface area (Å²) in [6, 6.07) is 6.58. The number of pyridine rings is 1. The van der Waals surface area contributed by atoms with Crippen molar-refractivity contribution in [1.82, 2.24) is 44.0 Å². The number of benzene rings is 2. The Bertz CT molecular complexity index is 2570. The van der Waals surface area contributed by atoms with Crippen molar-refractivity contribution in [2.75, 3.05) is 75.8 Å². The third-order valence-corrected chi connectivity index (χ3v) is 12.3. The highest BCUT2D eigenvalue weighted by molar-refractivity contribution is 7.19. The van der Waals surface area contributed by atoms with Crippen LogP contribution in [0.2, 0.25) is 0 Å². The van der Waals surface area contributed by atoms with E-state index in [1.165, 1.54) is 16.6 Å². The second-order valence-corrected chi connectivity index (χ2v) is 15.8. The lowest BCUT2D eigenvalue weighted by atomic mass is 10.1. The van der Waals surface area contributed by atoms with E-state index >= 15 is 8.78 Å². The first-order chi connectivity index (χ1) is 25.7. The molecule has 2 saturated heterocycles. The highest BCUT2D eigenvalue weighted by Gasteiger charge is 2.32. The van der Waals surface area contributed by atoms with Gasteiger partial charge in [-0.2, -0.15) is 14.7 Å². The zero-order valence-corrected chi connectivity index (χ0v) is 32.9. The third-order valence-electron chi connectivity index (χ3n) is 11.4. The van der Waals surface area contributed by atoms with Crippen LogP contribution in [0, 0.1) is 11.6 Å². The average Bonchev–Trinajstić information content (AvgIpc) is 4.10. The largest absolute Gasteiger partial charge is 0.367 e. The van der Waals surface area contributed by atoms with Crippen molar-refractivity contribution in [3.05, 3.63) is 62.5 Å². The molecule has 2 aliphatic heterocycles. The molecule has 10 rings (SSSR count). The number of likely N-dealkylation sites (N-methyl/N-ethyl adjacent to an activating group) is 2. The monoisotopic (exact) mass is 811 g/mol. The summed E-state index contributed by atoms with van der Waals surface area (Å²) in [7, 11) is 2.06. The molecule has 2 aromatic carbocycles. The van der Waals surface area contributed by atoms with Gasteiger partial charge >= 0.3 is 0 Å². The predicted molar refractivity (Wildman–Crippen MR) is 216 cm³/mol. The van der Waals surface area contributed by atoms with Crippen molar-refractivity contribution in [2.24, 2.45) is 0 Å². The van der Waals surface area contributed by atoms with Gasteiger partial charge in [0.05, 0.1) is 39.4 Å². The molecule has 2 aliphatic carbocycles. The molecule has 55 heavy (non-hydrogen) atoms. The summed E-state index contributed by atoms with van der Waals surface area (Å²) in [6.45, 7) is 9.29. The Morgan fingerprint density at radius 1 is 0.745 bits per heavy atom. The summed E-state index contributed by atoms with van der Waals surface area (Å²) >= 11 is 1.13. The Kier molecular flexibility index (Phi) is 9.85. The summed E-state index contributed by atoms with van der Waals surface area (Å²) in [4.78, 5) is 37.2. The van der Waals surface area contributed by atoms with Gasteiger partial charge in [-0.05, 0) is 63.5 Å². The Hall–Kier alpha value is -4.22. The molecule has 4 fully saturated rings. The van der Waals surface area contributed by atoms with Crippen LogP contribution in [-0.2, 0) is 0 Å². The zero-order chi connectivity index (χ0) is 36.1. The van der Waals surface area contributed by atoms with E-state index in [4.69, 9.17) is 10.2 Å². The fraction of sp³-hybridized carbons (Fsp3) is 0.459. The molecule has 0 N–H and O–H groups in total. The van der Waals surface area contributed by atoms with Gasteiger partial charge in [-0.3, -0.25) is 14.3 Å². The number of nitrogens with zero attached hydrogens (tertiary/aromatic N) is 11. The van der Waals surface area contributed by atoms with Crippen LogP contribution >= 0.6 is 36.2 Å². The van der Waals surface area contributed by atoms with E-state index in [-0.39, 0.29) is 70.2 Å². The SMILES string of the molecule is CCN1CCN(c2cc3c(cc2F)c(=O)c(-c2nn4c(-c5cn(C6CC6)c6cc(N7CCN(C)CC7)c(F)cc6c5=O)nnc4s2)nn3C2CC2)CC1.Cl.Cl. The first kappa shape index (κ1) is 37.7. The van der Waals surface area contributed by atoms with Crippen molar-refractivity contribution in [3.63, 3.8) is 0 Å². The molecule has 13 nitrogen and oxygen atoms in total. The number of rotatable bonds is 7. The quantitative estimate of drug-likeness (QED) is 0.213. The minimum absolute atomic E-state index is 0. The molecule has 0 radical (unpaired) electrons. The summed E-state index contributed by atoms with van der Waals surface area (Å²) in [6.07, 6.45) is 5.52. The fourth-order valence-corrected chi connectivity index (χ4v) is 8.71. The molecule has 0 amide bonds. The number of piperazine rings is 2. The van der Waals surface area contributed by atoms with Crippen LogP contribution in [0.15, 0.2) is 40.1 Å². The Balaban J connectivity index is 0.00000214. The maximum absolute atomic E-state index is 15.8. The van der Waals surface area contributed by atoms with Crippen LogP contribution in [0.5, 0.6) is 0 Å². The van der Waals surface area contributed by atoms with Crippen molar-refractivity contribution < 1.29 is 8.78 Å². The van der Waals surface area contributed by atoms with Crippen molar-refractivity contribution in [1.29, 1.82) is 0 Å². The lowest BCUT2D eigenvalue weighted by Gasteiger charge is -2.35. The fourth-order valence-electron chi connectivity index (χ4n) is 7.88. The second kappa shape index (κ2) is 14.4. The van der Waals surface area contributed by atoms with Crippen LogP contribution in [0.1, 0.15) is 44.7 Å². The summed E-state index contributed by atoms with van der Waals surface area (Å²) in [5.41, 5.74) is 1.85. The van der Waals surface area contributed by atoms with E-state index in [0.717, 1.165) is 69.7 Å². The molecule has 0 spiro atoms. The van der Waals surface area contributed by atoms with Gasteiger partial charge in [0, 0.05) is 70.0 Å². The average molecular weight is 813 g/mol. The molecule has 2 saturated carbocycles. The molecular weight excluding hydrogens is 771 g/mol. The maximum Gasteiger partial charge on any atom is 0.235 e. The second-order valence-electron chi connectivity index (χ2n) is 14.8. The van der Waals surface area contributed by atoms with Gasteiger partial charge in [-0.15, -0.1) is 35.0 Å². The van der Waals surface area contributed by atoms with Crippen molar-refractivity contribution in [3.8, 4) is 22.1 Å². The Morgan fingerprint density at radius 3 is 1.96 bits per heavy atom. The van der Waals surface area contributed by atoms with Crippen LogP contribution in [0.25, 0.3) is 48.9 Å². The standard InChI is InChI=1S/C37H39F2N11O2S.2ClH/c1-3-45-10-14-47(15-11-45)31-19-29-24(17-27(31)39)34(52)32(42-49(29)22-6-7-22)36-43-50-35(40-41-37(50)53-36)25-20-48(21-4-5-21)28-18-30(26(38)16-23(28)33(25)51)46-12-8-44(2)9-13-46;;/h16-22H,3-15H2,1-2H3;2*1H. The van der Waals surface area contributed by atoms with E-state index in [0.29, 0.717) is 58.6 Å². The lowest BCUT2D eigenvalue weighted by Crippen LogP contribution is -2.46. The predicted octanol–water partition coefficient (Wildman–Crippen LogP) is 5.23. The lowest BCUT2D eigenvalue weighted by molar-refractivity contribution is 0.270. The zero-order valence-electron chi connectivity index (χ0n) is 30.5. The van der Waals surface area contributed by atoms with E-state index in [9.17, 15) is 9.59 Å². The minimum atomic E-state index is -0.435. The molecule has 6 heterocycles. The van der Waals surface area contributed by atoms with Gasteiger partial charge in [0.25, 0.3) is 0 Å². The number of halogens is 4. The maximum atomic E-state index is 15.8. The smallest absolute Gasteiger partial charge is 0.235 e. The summed E-state index contributed by atoms with van der Waals surface area (Å²) in [5.74, 6) is -0.665. The van der Waals surface area contributed by atoms with E-state index in [2.05, 4.69) is 38.5 Å². The number of hydrogen-bond donors (Lipinski definition) is 0. The van der Waals surface area contributed by atoms with Gasteiger partial charge in [-0.25, -0.2) is 8.78 Å². The van der Waals surface area contributed by atoms with E-state index in [1.54, 1.807) is 12.3 Å². The number of hydrogen-bond acceptors (Lipinski definition) is 11. The minimum Gasteiger partial charge on any atom is -0.367 e. The molecule has 0 bridgehead atoms. The molecule has 4 aromatic heterocycles. The van der Waals surface area contributed by atoms with Gasteiger partial charge in [-0.1, -0.05) is 18.3 Å². The molecular formula is C37H41Cl2F2N11O2S. The molecule has 0 atom stereocenters. The number of fused-ring (bicyclic) bond motifs is 3. The van der Waals surface area contributed by atoms with Crippen LogP contribution in [-0.4, -0.2) is 110 Å². The van der Waals surface area contributed by atoms with Crippen LogP contribution < -0.4 is 20.7 Å². The van der Waals surface area contributed by atoms with E-state index in [1.807, 2.05) is 20.5 Å². The van der Waals surface area contributed by atoms with Crippen LogP contribution in [0.4, 0.5) is 20.2 Å². The molecule has 4 aliphatic rings. The highest BCUT2D eigenvalue weighted by Crippen LogP contribution is 2.40. The van der Waals surface area contributed by atoms with E-state index < -0.39 is 17.1 Å². The van der Waals surface area contributed by atoms with Gasteiger partial charge in [0.1, 0.15) is 11.6 Å². The molecule has 6 aromatic rings. The van der Waals surface area contributed by atoms with Crippen molar-refractivity contribution in [2.45, 2.75) is 44.7 Å². The number of anilines is 2. The first-order valence-electron chi connectivity index (χ1n) is 18.5. The molecule has 0 unspecified atom stereocenters. The highest BCUT2D eigenvalue weighted by atomic mass is 35.5. The topological polar surface area (TPSA) is 113 Å². The normalized spacial score (nSPS) is 18.3.